The molecule has 0 bridgehead atoms. The van der Waals surface area contributed by atoms with Gasteiger partial charge in [0.2, 0.25) is 5.91 Å². The maximum absolute atomic E-state index is 12.0. The highest BCUT2D eigenvalue weighted by Crippen LogP contribution is 2.21. The molecule has 1 rings (SSSR count). The van der Waals surface area contributed by atoms with Crippen molar-refractivity contribution in [2.45, 2.75) is 33.1 Å². The number of thiophene rings is 1. The average molecular weight is 283 g/mol. The van der Waals surface area contributed by atoms with Crippen molar-refractivity contribution >= 4 is 23.2 Å². The summed E-state index contributed by atoms with van der Waals surface area (Å²) in [5.41, 5.74) is 0. The van der Waals surface area contributed by atoms with E-state index in [0.29, 0.717) is 12.3 Å². The molecule has 0 aliphatic rings. The zero-order valence-electron chi connectivity index (χ0n) is 11.6. The lowest BCUT2D eigenvalue weighted by atomic mass is 9.97. The van der Waals surface area contributed by atoms with E-state index in [2.05, 4.69) is 5.32 Å². The maximum Gasteiger partial charge on any atom is 0.308 e. The first-order valence-corrected chi connectivity index (χ1v) is 7.33. The summed E-state index contributed by atoms with van der Waals surface area (Å²) in [6.45, 7) is 5.99. The monoisotopic (exact) mass is 283 g/mol. The van der Waals surface area contributed by atoms with Gasteiger partial charge < -0.3 is 10.4 Å². The summed E-state index contributed by atoms with van der Waals surface area (Å²) in [5.74, 6) is -1.41. The molecule has 4 nitrogen and oxygen atoms in total. The van der Waals surface area contributed by atoms with Crippen LogP contribution in [0, 0.1) is 11.8 Å². The molecule has 5 heteroatoms. The largest absolute Gasteiger partial charge is 0.481 e. The number of carbonyl (C=O) groups excluding carboxylic acids is 1. The van der Waals surface area contributed by atoms with Crippen LogP contribution in [0.1, 0.15) is 38.0 Å². The van der Waals surface area contributed by atoms with Crippen LogP contribution in [-0.4, -0.2) is 23.5 Å². The third-order valence-electron chi connectivity index (χ3n) is 2.99. The van der Waals surface area contributed by atoms with Gasteiger partial charge in [0.05, 0.1) is 11.8 Å². The van der Waals surface area contributed by atoms with Crippen LogP contribution in [0.25, 0.3) is 0 Å². The van der Waals surface area contributed by atoms with E-state index in [4.69, 9.17) is 5.11 Å². The molecule has 106 valence electrons. The fourth-order valence-electron chi connectivity index (χ4n) is 1.88. The van der Waals surface area contributed by atoms with E-state index in [0.717, 1.165) is 4.88 Å². The van der Waals surface area contributed by atoms with Crippen molar-refractivity contribution in [1.29, 1.82) is 0 Å². The smallest absolute Gasteiger partial charge is 0.308 e. The van der Waals surface area contributed by atoms with Crippen molar-refractivity contribution in [2.24, 2.45) is 11.8 Å². The van der Waals surface area contributed by atoms with E-state index in [9.17, 15) is 9.59 Å². The Labute approximate surface area is 117 Å². The van der Waals surface area contributed by atoms with Gasteiger partial charge in [-0.2, -0.15) is 0 Å². The van der Waals surface area contributed by atoms with Gasteiger partial charge in [-0.25, -0.2) is 0 Å². The molecule has 0 radical (unpaired) electrons. The second kappa shape index (κ2) is 7.28. The Morgan fingerprint density at radius 3 is 2.53 bits per heavy atom. The highest BCUT2D eigenvalue weighted by atomic mass is 32.1. The van der Waals surface area contributed by atoms with Crippen molar-refractivity contribution < 1.29 is 14.7 Å². The molecule has 0 saturated carbocycles. The molecule has 1 aromatic rings. The Morgan fingerprint density at radius 2 is 2.05 bits per heavy atom. The van der Waals surface area contributed by atoms with E-state index in [1.165, 1.54) is 11.3 Å². The fraction of sp³-hybridized carbons (Fsp3) is 0.571. The predicted molar refractivity (Wildman–Crippen MR) is 76.3 cm³/mol. The zero-order chi connectivity index (χ0) is 14.4. The maximum atomic E-state index is 12.0. The minimum Gasteiger partial charge on any atom is -0.481 e. The minimum atomic E-state index is -0.849. The molecular weight excluding hydrogens is 262 g/mol. The molecule has 2 N–H and O–H groups in total. The summed E-state index contributed by atoms with van der Waals surface area (Å²) < 4.78 is 0. The molecule has 0 aromatic carbocycles. The number of aliphatic carboxylic acids is 1. The van der Waals surface area contributed by atoms with Gasteiger partial charge in [-0.3, -0.25) is 9.59 Å². The van der Waals surface area contributed by atoms with Crippen LogP contribution in [0.5, 0.6) is 0 Å². The lowest BCUT2D eigenvalue weighted by molar-refractivity contribution is -0.142. The quantitative estimate of drug-likeness (QED) is 0.808. The molecule has 0 fully saturated rings. The average Bonchev–Trinajstić information content (AvgIpc) is 2.85. The fourth-order valence-corrected chi connectivity index (χ4v) is 2.67. The van der Waals surface area contributed by atoms with E-state index in [-0.39, 0.29) is 18.4 Å². The zero-order valence-corrected chi connectivity index (χ0v) is 12.4. The van der Waals surface area contributed by atoms with Gasteiger partial charge in [-0.15, -0.1) is 11.3 Å². The van der Waals surface area contributed by atoms with Gasteiger partial charge in [0.1, 0.15) is 0 Å². The van der Waals surface area contributed by atoms with Gasteiger partial charge in [-0.1, -0.05) is 19.9 Å². The molecule has 2 atom stereocenters. The van der Waals surface area contributed by atoms with Crippen molar-refractivity contribution in [2.75, 3.05) is 6.54 Å². The van der Waals surface area contributed by atoms with E-state index < -0.39 is 11.9 Å². The number of nitrogens with one attached hydrogen (secondary N) is 1. The summed E-state index contributed by atoms with van der Waals surface area (Å²) in [5, 5.41) is 13.8. The van der Waals surface area contributed by atoms with Crippen molar-refractivity contribution in [1.82, 2.24) is 5.32 Å². The number of carbonyl (C=O) groups is 2. The molecule has 0 aliphatic heterocycles. The first kappa shape index (κ1) is 15.7. The Morgan fingerprint density at radius 1 is 1.37 bits per heavy atom. The van der Waals surface area contributed by atoms with Gasteiger partial charge in [0, 0.05) is 11.4 Å². The Bertz CT molecular complexity index is 414. The molecule has 0 aliphatic carbocycles. The number of hydrogen-bond acceptors (Lipinski definition) is 3. The topological polar surface area (TPSA) is 66.4 Å². The summed E-state index contributed by atoms with van der Waals surface area (Å²) in [6.07, 6.45) is 0.572. The molecule has 0 saturated heterocycles. The lowest BCUT2D eigenvalue weighted by Gasteiger charge is -2.17. The van der Waals surface area contributed by atoms with E-state index in [1.807, 2.05) is 38.3 Å². The van der Waals surface area contributed by atoms with Crippen LogP contribution in [0.3, 0.4) is 0 Å². The van der Waals surface area contributed by atoms with Gasteiger partial charge in [-0.05, 0) is 30.7 Å². The van der Waals surface area contributed by atoms with Crippen LogP contribution >= 0.6 is 11.3 Å². The third-order valence-corrected chi connectivity index (χ3v) is 4.05. The molecule has 2 unspecified atom stereocenters. The summed E-state index contributed by atoms with van der Waals surface area (Å²) in [7, 11) is 0. The van der Waals surface area contributed by atoms with Crippen LogP contribution in [0.15, 0.2) is 17.5 Å². The Kier molecular flexibility index (Phi) is 6.02. The highest BCUT2D eigenvalue weighted by molar-refractivity contribution is 7.10. The van der Waals surface area contributed by atoms with Crippen LogP contribution in [0.2, 0.25) is 0 Å². The van der Waals surface area contributed by atoms with Crippen molar-refractivity contribution in [3.8, 4) is 0 Å². The van der Waals surface area contributed by atoms with Gasteiger partial charge >= 0.3 is 5.97 Å². The van der Waals surface area contributed by atoms with Crippen molar-refractivity contribution in [3.63, 3.8) is 0 Å². The predicted octanol–water partition coefficient (Wildman–Crippen LogP) is 2.71. The summed E-state index contributed by atoms with van der Waals surface area (Å²) >= 11 is 1.53. The minimum absolute atomic E-state index is 0.113. The first-order chi connectivity index (χ1) is 8.91. The number of amides is 1. The van der Waals surface area contributed by atoms with Crippen molar-refractivity contribution in [3.05, 3.63) is 22.4 Å². The lowest BCUT2D eigenvalue weighted by Crippen LogP contribution is -2.35. The number of carboxylic acid groups (broad SMARTS) is 1. The summed E-state index contributed by atoms with van der Waals surface area (Å²) in [4.78, 5) is 24.0. The molecule has 1 amide bonds. The second-order valence-electron chi connectivity index (χ2n) is 5.15. The molecular formula is C14H21NO3S. The Hall–Kier alpha value is -1.36. The highest BCUT2D eigenvalue weighted by Gasteiger charge is 2.22. The molecule has 1 heterocycles. The summed E-state index contributed by atoms with van der Waals surface area (Å²) in [6, 6.07) is 3.82. The second-order valence-corrected chi connectivity index (χ2v) is 6.13. The number of hydrogen-bond donors (Lipinski definition) is 2. The molecule has 0 spiro atoms. The number of carboxylic acids is 1. The van der Waals surface area contributed by atoms with Crippen LogP contribution in [0.4, 0.5) is 0 Å². The van der Waals surface area contributed by atoms with Gasteiger partial charge in [0.15, 0.2) is 0 Å². The van der Waals surface area contributed by atoms with Crippen LogP contribution < -0.4 is 5.32 Å². The third kappa shape index (κ3) is 5.03. The van der Waals surface area contributed by atoms with E-state index in [1.54, 1.807) is 0 Å². The molecule has 19 heavy (non-hydrogen) atoms. The van der Waals surface area contributed by atoms with Gasteiger partial charge in [0.25, 0.3) is 0 Å². The normalized spacial score (nSPS) is 14.1. The molecule has 1 aromatic heterocycles. The Balaban J connectivity index is 2.50. The van der Waals surface area contributed by atoms with E-state index >= 15 is 0 Å². The SMILES string of the molecule is CC(C)CC(CNC(=O)C(C)c1cccs1)C(=O)O. The standard InChI is InChI=1S/C14H21NO3S/c1-9(2)7-11(14(17)18)8-15-13(16)10(3)12-5-4-6-19-12/h4-6,9-11H,7-8H2,1-3H3,(H,15,16)(H,17,18). The first-order valence-electron chi connectivity index (χ1n) is 6.45. The number of rotatable bonds is 7. The van der Waals surface area contributed by atoms with Crippen LogP contribution in [-0.2, 0) is 9.59 Å².